The zero-order valence-electron chi connectivity index (χ0n) is 10.7. The number of anilines is 1. The van der Waals surface area contributed by atoms with Gasteiger partial charge in [0.05, 0.1) is 12.2 Å². The normalized spacial score (nSPS) is 25.1. The summed E-state index contributed by atoms with van der Waals surface area (Å²) in [5.41, 5.74) is 1.74. The first-order chi connectivity index (χ1) is 8.10. The third kappa shape index (κ3) is 2.78. The van der Waals surface area contributed by atoms with Gasteiger partial charge in [-0.3, -0.25) is 0 Å². The van der Waals surface area contributed by atoms with Gasteiger partial charge in [0, 0.05) is 18.8 Å². The van der Waals surface area contributed by atoms with E-state index < -0.39 is 0 Å². The monoisotopic (exact) mass is 237 g/mol. The first kappa shape index (κ1) is 12.4. The van der Waals surface area contributed by atoms with Gasteiger partial charge in [-0.15, -0.1) is 0 Å². The van der Waals surface area contributed by atoms with Gasteiger partial charge >= 0.3 is 0 Å². The molecule has 1 fully saturated rings. The van der Waals surface area contributed by atoms with Crippen molar-refractivity contribution in [2.75, 3.05) is 18.0 Å². The maximum absolute atomic E-state index is 13.7. The fourth-order valence-corrected chi connectivity index (χ4v) is 2.41. The van der Waals surface area contributed by atoms with Crippen LogP contribution in [0.3, 0.4) is 0 Å². The fraction of sp³-hybridized carbons (Fsp3) is 0.571. The lowest BCUT2D eigenvalue weighted by Crippen LogP contribution is -2.45. The van der Waals surface area contributed by atoms with Gasteiger partial charge in [0.1, 0.15) is 5.82 Å². The Morgan fingerprint density at radius 2 is 1.94 bits per heavy atom. The van der Waals surface area contributed by atoms with Gasteiger partial charge < -0.3 is 9.64 Å². The Labute approximate surface area is 102 Å². The molecule has 1 aliphatic rings. The summed E-state index contributed by atoms with van der Waals surface area (Å²) in [6.45, 7) is 7.74. The first-order valence-electron chi connectivity index (χ1n) is 6.29. The van der Waals surface area contributed by atoms with E-state index >= 15 is 0 Å². The number of benzene rings is 1. The van der Waals surface area contributed by atoms with Crippen molar-refractivity contribution >= 4 is 5.69 Å². The Hall–Kier alpha value is -1.09. The molecule has 0 amide bonds. The molecular formula is C14H20FNO. The molecule has 3 heteroatoms. The second-order valence-corrected chi connectivity index (χ2v) is 4.79. The summed E-state index contributed by atoms with van der Waals surface area (Å²) in [7, 11) is 0. The van der Waals surface area contributed by atoms with Crippen molar-refractivity contribution in [3.8, 4) is 0 Å². The predicted octanol–water partition coefficient (Wildman–Crippen LogP) is 3.00. The van der Waals surface area contributed by atoms with Crippen LogP contribution in [0.1, 0.15) is 26.3 Å². The Kier molecular flexibility index (Phi) is 3.67. The van der Waals surface area contributed by atoms with E-state index in [-0.39, 0.29) is 18.0 Å². The minimum atomic E-state index is -0.100. The lowest BCUT2D eigenvalue weighted by Gasteiger charge is -2.37. The van der Waals surface area contributed by atoms with Gasteiger partial charge in [-0.25, -0.2) is 4.39 Å². The number of halogens is 1. The third-order valence-corrected chi connectivity index (χ3v) is 3.20. The molecule has 1 aromatic carbocycles. The van der Waals surface area contributed by atoms with E-state index in [2.05, 4.69) is 18.7 Å². The van der Waals surface area contributed by atoms with Crippen molar-refractivity contribution in [3.05, 3.63) is 29.6 Å². The van der Waals surface area contributed by atoms with Crippen LogP contribution in [0, 0.1) is 5.82 Å². The highest BCUT2D eigenvalue weighted by Crippen LogP contribution is 2.23. The lowest BCUT2D eigenvalue weighted by atomic mass is 10.1. The largest absolute Gasteiger partial charge is 0.372 e. The van der Waals surface area contributed by atoms with Gasteiger partial charge in [-0.1, -0.05) is 13.0 Å². The predicted molar refractivity (Wildman–Crippen MR) is 68.0 cm³/mol. The average Bonchev–Trinajstić information content (AvgIpc) is 2.27. The van der Waals surface area contributed by atoms with Crippen molar-refractivity contribution in [2.24, 2.45) is 0 Å². The van der Waals surface area contributed by atoms with Crippen LogP contribution < -0.4 is 4.90 Å². The Balaban J connectivity index is 2.19. The standard InChI is InChI=1S/C14H20FNO/c1-4-12-5-6-13(7-14(12)15)16-8-10(2)17-11(3)9-16/h5-7,10-11H,4,8-9H2,1-3H3/t10-,11+. The Bertz CT molecular complexity index is 384. The highest BCUT2D eigenvalue weighted by Gasteiger charge is 2.22. The van der Waals surface area contributed by atoms with Crippen LogP contribution in [0.5, 0.6) is 0 Å². The number of ether oxygens (including phenoxy) is 1. The molecule has 0 aromatic heterocycles. The van der Waals surface area contributed by atoms with E-state index in [9.17, 15) is 4.39 Å². The van der Waals surface area contributed by atoms with Crippen LogP contribution >= 0.6 is 0 Å². The van der Waals surface area contributed by atoms with Crippen molar-refractivity contribution in [2.45, 2.75) is 39.4 Å². The molecule has 2 atom stereocenters. The molecule has 0 N–H and O–H groups in total. The quantitative estimate of drug-likeness (QED) is 0.784. The summed E-state index contributed by atoms with van der Waals surface area (Å²) in [6.07, 6.45) is 1.14. The highest BCUT2D eigenvalue weighted by atomic mass is 19.1. The molecule has 0 spiro atoms. The molecular weight excluding hydrogens is 217 g/mol. The minimum absolute atomic E-state index is 0.100. The van der Waals surface area contributed by atoms with E-state index in [4.69, 9.17) is 4.74 Å². The summed E-state index contributed by atoms with van der Waals surface area (Å²) in [5.74, 6) is -0.100. The van der Waals surface area contributed by atoms with Crippen molar-refractivity contribution < 1.29 is 9.13 Å². The van der Waals surface area contributed by atoms with Crippen LogP contribution in [0.15, 0.2) is 18.2 Å². The number of hydrogen-bond donors (Lipinski definition) is 0. The summed E-state index contributed by atoms with van der Waals surface area (Å²) >= 11 is 0. The second-order valence-electron chi connectivity index (χ2n) is 4.79. The molecule has 1 saturated heterocycles. The average molecular weight is 237 g/mol. The number of hydrogen-bond acceptors (Lipinski definition) is 2. The molecule has 1 heterocycles. The van der Waals surface area contributed by atoms with Gasteiger partial charge in [0.2, 0.25) is 0 Å². The molecule has 1 aromatic rings. The van der Waals surface area contributed by atoms with E-state index in [1.807, 2.05) is 19.1 Å². The number of nitrogens with zero attached hydrogens (tertiary/aromatic N) is 1. The van der Waals surface area contributed by atoms with E-state index in [0.29, 0.717) is 0 Å². The smallest absolute Gasteiger partial charge is 0.128 e. The lowest BCUT2D eigenvalue weighted by molar-refractivity contribution is -0.00523. The maximum Gasteiger partial charge on any atom is 0.128 e. The number of morpholine rings is 1. The number of rotatable bonds is 2. The van der Waals surface area contributed by atoms with Gasteiger partial charge in [-0.05, 0) is 38.0 Å². The minimum Gasteiger partial charge on any atom is -0.372 e. The zero-order valence-corrected chi connectivity index (χ0v) is 10.7. The van der Waals surface area contributed by atoms with Gasteiger partial charge in [0.25, 0.3) is 0 Å². The molecule has 0 radical (unpaired) electrons. The van der Waals surface area contributed by atoms with Crippen molar-refractivity contribution in [3.63, 3.8) is 0 Å². The number of aryl methyl sites for hydroxylation is 1. The third-order valence-electron chi connectivity index (χ3n) is 3.20. The topological polar surface area (TPSA) is 12.5 Å². The van der Waals surface area contributed by atoms with Crippen LogP contribution in [0.25, 0.3) is 0 Å². The van der Waals surface area contributed by atoms with E-state index in [1.54, 1.807) is 6.07 Å². The first-order valence-corrected chi connectivity index (χ1v) is 6.29. The molecule has 0 aliphatic carbocycles. The Morgan fingerprint density at radius 1 is 1.29 bits per heavy atom. The molecule has 2 nitrogen and oxygen atoms in total. The summed E-state index contributed by atoms with van der Waals surface area (Å²) in [5, 5.41) is 0. The van der Waals surface area contributed by atoms with Crippen molar-refractivity contribution in [1.29, 1.82) is 0 Å². The highest BCUT2D eigenvalue weighted by molar-refractivity contribution is 5.49. The SMILES string of the molecule is CCc1ccc(N2C[C@@H](C)O[C@@H](C)C2)cc1F. The second kappa shape index (κ2) is 5.05. The van der Waals surface area contributed by atoms with Crippen LogP contribution in [0.4, 0.5) is 10.1 Å². The van der Waals surface area contributed by atoms with Gasteiger partial charge in [-0.2, -0.15) is 0 Å². The van der Waals surface area contributed by atoms with Crippen molar-refractivity contribution in [1.82, 2.24) is 0 Å². The molecule has 1 aliphatic heterocycles. The molecule has 0 saturated carbocycles. The van der Waals surface area contributed by atoms with E-state index in [1.165, 1.54) is 0 Å². The summed E-state index contributed by atoms with van der Waals surface area (Å²) < 4.78 is 19.4. The fourth-order valence-electron chi connectivity index (χ4n) is 2.41. The van der Waals surface area contributed by atoms with Crippen LogP contribution in [-0.4, -0.2) is 25.3 Å². The Morgan fingerprint density at radius 3 is 2.47 bits per heavy atom. The van der Waals surface area contributed by atoms with E-state index in [0.717, 1.165) is 30.8 Å². The van der Waals surface area contributed by atoms with Gasteiger partial charge in [0.15, 0.2) is 0 Å². The molecule has 2 rings (SSSR count). The maximum atomic E-state index is 13.7. The zero-order chi connectivity index (χ0) is 12.4. The van der Waals surface area contributed by atoms with Crippen LogP contribution in [-0.2, 0) is 11.2 Å². The summed E-state index contributed by atoms with van der Waals surface area (Å²) in [4.78, 5) is 2.20. The van der Waals surface area contributed by atoms with Crippen LogP contribution in [0.2, 0.25) is 0 Å². The molecule has 94 valence electrons. The molecule has 0 bridgehead atoms. The molecule has 17 heavy (non-hydrogen) atoms. The summed E-state index contributed by atoms with van der Waals surface area (Å²) in [6, 6.07) is 5.53. The molecule has 0 unspecified atom stereocenters.